The highest BCUT2D eigenvalue weighted by Crippen LogP contribution is 2.40. The van der Waals surface area contributed by atoms with E-state index in [1.54, 1.807) is 36.4 Å². The van der Waals surface area contributed by atoms with E-state index in [1.807, 2.05) is 39.8 Å². The third-order valence-electron chi connectivity index (χ3n) is 9.70. The number of rotatable bonds is 7. The summed E-state index contributed by atoms with van der Waals surface area (Å²) in [6.45, 7) is 3.32. The number of carbonyl (C=O) groups excluding carboxylic acids is 1. The molecule has 0 aliphatic carbocycles. The molecule has 10 heteroatoms. The Morgan fingerprint density at radius 2 is 1.63 bits per heavy atom. The molecule has 238 valence electrons. The van der Waals surface area contributed by atoms with E-state index in [-0.39, 0.29) is 28.2 Å². The van der Waals surface area contributed by atoms with Gasteiger partial charge in [-0.15, -0.1) is 0 Å². The SMILES string of the molecule is O=C(c1ccc(N2C[C@H]3C[C@@H](C2)c2cccc(=O)n2C3)c(NS(=O)(=O)c2ccc(Br)cc2)c1)N1CCC(Cc2ccccc2)CC1. The molecular formula is C36H37BrN4O4S. The van der Waals surface area contributed by atoms with E-state index in [2.05, 4.69) is 49.8 Å². The number of nitrogens with zero attached hydrogens (tertiary/aromatic N) is 3. The quantitative estimate of drug-likeness (QED) is 0.251. The Hall–Kier alpha value is -3.89. The van der Waals surface area contributed by atoms with Crippen LogP contribution in [0, 0.1) is 11.8 Å². The fourth-order valence-electron chi connectivity index (χ4n) is 7.41. The summed E-state index contributed by atoms with van der Waals surface area (Å²) in [5.41, 5.74) is 3.96. The lowest BCUT2D eigenvalue weighted by molar-refractivity contribution is 0.0690. The second kappa shape index (κ2) is 12.7. The molecule has 1 aromatic heterocycles. The minimum atomic E-state index is -3.94. The van der Waals surface area contributed by atoms with Crippen LogP contribution in [-0.2, 0) is 23.0 Å². The number of fused-ring (bicyclic) bond motifs is 4. The molecular weight excluding hydrogens is 664 g/mol. The summed E-state index contributed by atoms with van der Waals surface area (Å²) < 4.78 is 32.8. The number of piperidine rings is 2. The predicted molar refractivity (Wildman–Crippen MR) is 184 cm³/mol. The number of amides is 1. The van der Waals surface area contributed by atoms with E-state index in [9.17, 15) is 18.0 Å². The van der Waals surface area contributed by atoms with E-state index >= 15 is 0 Å². The maximum atomic E-state index is 13.8. The fourth-order valence-corrected chi connectivity index (χ4v) is 8.74. The molecule has 3 aliphatic rings. The highest BCUT2D eigenvalue weighted by atomic mass is 79.9. The molecule has 2 atom stereocenters. The van der Waals surface area contributed by atoms with Gasteiger partial charge in [0.15, 0.2) is 0 Å². The lowest BCUT2D eigenvalue weighted by atomic mass is 9.83. The van der Waals surface area contributed by atoms with Gasteiger partial charge in [0.2, 0.25) is 0 Å². The van der Waals surface area contributed by atoms with Gasteiger partial charge < -0.3 is 14.4 Å². The van der Waals surface area contributed by atoms with Crippen molar-refractivity contribution in [3.05, 3.63) is 123 Å². The van der Waals surface area contributed by atoms with Crippen molar-refractivity contribution >= 4 is 43.2 Å². The standard InChI is InChI=1S/C36H37BrN4O4S/c37-30-10-12-31(13-11-30)46(44,45)38-32-21-28(36(43)39-17-15-26(16-18-39)19-25-5-2-1-3-6-25)9-14-34(32)40-22-27-20-29(24-40)33-7-4-8-35(42)41(33)23-27/h1-14,21,26-27,29,38H,15-20,22-24H2/t27-,29+/m1/s1. The third-order valence-corrected chi connectivity index (χ3v) is 11.6. The van der Waals surface area contributed by atoms with Crippen molar-refractivity contribution in [2.45, 2.75) is 43.0 Å². The molecule has 3 aromatic carbocycles. The maximum Gasteiger partial charge on any atom is 0.261 e. The average molecular weight is 702 g/mol. The fraction of sp³-hybridized carbons (Fsp3) is 0.333. The van der Waals surface area contributed by atoms with Crippen molar-refractivity contribution in [3.8, 4) is 0 Å². The van der Waals surface area contributed by atoms with Crippen molar-refractivity contribution in [2.75, 3.05) is 35.8 Å². The molecule has 0 saturated carbocycles. The highest BCUT2D eigenvalue weighted by molar-refractivity contribution is 9.10. The molecule has 4 heterocycles. The van der Waals surface area contributed by atoms with Crippen LogP contribution in [0.4, 0.5) is 11.4 Å². The van der Waals surface area contributed by atoms with E-state index in [4.69, 9.17) is 0 Å². The Labute approximate surface area is 278 Å². The Kier molecular flexibility index (Phi) is 8.50. The number of pyridine rings is 1. The van der Waals surface area contributed by atoms with Crippen LogP contribution in [0.2, 0.25) is 0 Å². The number of anilines is 2. The first-order valence-electron chi connectivity index (χ1n) is 15.9. The molecule has 7 rings (SSSR count). The predicted octanol–water partition coefficient (Wildman–Crippen LogP) is 6.13. The van der Waals surface area contributed by atoms with Crippen LogP contribution in [0.5, 0.6) is 0 Å². The number of halogens is 1. The number of sulfonamides is 1. The first-order valence-corrected chi connectivity index (χ1v) is 18.2. The average Bonchev–Trinajstić information content (AvgIpc) is 3.06. The lowest BCUT2D eigenvalue weighted by Crippen LogP contribution is -2.47. The van der Waals surface area contributed by atoms with E-state index in [0.29, 0.717) is 49.9 Å². The lowest BCUT2D eigenvalue weighted by Gasteiger charge is -2.44. The second-order valence-corrected chi connectivity index (χ2v) is 15.4. The van der Waals surface area contributed by atoms with Crippen LogP contribution in [-0.4, -0.2) is 50.0 Å². The van der Waals surface area contributed by atoms with Gasteiger partial charge in [-0.1, -0.05) is 52.3 Å². The smallest absolute Gasteiger partial charge is 0.261 e. The van der Waals surface area contributed by atoms with Gasteiger partial charge in [0.1, 0.15) is 0 Å². The molecule has 3 aliphatic heterocycles. The van der Waals surface area contributed by atoms with Gasteiger partial charge >= 0.3 is 0 Å². The molecule has 46 heavy (non-hydrogen) atoms. The van der Waals surface area contributed by atoms with Crippen molar-refractivity contribution in [3.63, 3.8) is 0 Å². The Morgan fingerprint density at radius 1 is 0.870 bits per heavy atom. The van der Waals surface area contributed by atoms with Gasteiger partial charge in [-0.3, -0.25) is 14.3 Å². The zero-order chi connectivity index (χ0) is 31.8. The highest BCUT2D eigenvalue weighted by Gasteiger charge is 2.36. The molecule has 8 nitrogen and oxygen atoms in total. The number of hydrogen-bond donors (Lipinski definition) is 1. The molecule has 2 saturated heterocycles. The van der Waals surface area contributed by atoms with Crippen LogP contribution >= 0.6 is 15.9 Å². The summed E-state index contributed by atoms with van der Waals surface area (Å²) in [6, 6.07) is 27.8. The maximum absolute atomic E-state index is 13.8. The van der Waals surface area contributed by atoms with Gasteiger partial charge in [0.25, 0.3) is 21.5 Å². The summed E-state index contributed by atoms with van der Waals surface area (Å²) in [4.78, 5) is 30.6. The normalized spacial score (nSPS) is 19.8. The van der Waals surface area contributed by atoms with E-state index in [1.165, 1.54) is 5.56 Å². The van der Waals surface area contributed by atoms with Gasteiger partial charge in [-0.05, 0) is 91.6 Å². The zero-order valence-corrected chi connectivity index (χ0v) is 27.9. The number of carbonyl (C=O) groups is 1. The van der Waals surface area contributed by atoms with Crippen LogP contribution in [0.25, 0.3) is 0 Å². The zero-order valence-electron chi connectivity index (χ0n) is 25.5. The number of nitrogens with one attached hydrogen (secondary N) is 1. The summed E-state index contributed by atoms with van der Waals surface area (Å²) >= 11 is 3.38. The van der Waals surface area contributed by atoms with Crippen LogP contribution < -0.4 is 15.2 Å². The second-order valence-electron chi connectivity index (χ2n) is 12.8. The summed E-state index contributed by atoms with van der Waals surface area (Å²) in [7, 11) is -3.94. The van der Waals surface area contributed by atoms with Crippen molar-refractivity contribution in [2.24, 2.45) is 11.8 Å². The monoisotopic (exact) mass is 700 g/mol. The minimum Gasteiger partial charge on any atom is -0.369 e. The number of likely N-dealkylation sites (tertiary alicyclic amines) is 1. The topological polar surface area (TPSA) is 91.7 Å². The Balaban J connectivity index is 1.15. The first kappa shape index (κ1) is 30.7. The summed E-state index contributed by atoms with van der Waals surface area (Å²) in [5.74, 6) is 0.843. The largest absolute Gasteiger partial charge is 0.369 e. The van der Waals surface area contributed by atoms with Gasteiger partial charge in [-0.25, -0.2) is 8.42 Å². The Bertz CT molecular complexity index is 1900. The van der Waals surface area contributed by atoms with E-state index in [0.717, 1.165) is 41.5 Å². The first-order chi connectivity index (χ1) is 22.2. The van der Waals surface area contributed by atoms with Crippen LogP contribution in [0.3, 0.4) is 0 Å². The van der Waals surface area contributed by atoms with Gasteiger partial charge in [0.05, 0.1) is 16.3 Å². The number of aromatic nitrogens is 1. The molecule has 0 unspecified atom stereocenters. The molecule has 2 fully saturated rings. The number of benzene rings is 3. The molecule has 4 aromatic rings. The van der Waals surface area contributed by atoms with Gasteiger partial charge in [0, 0.05) is 60.4 Å². The molecule has 0 radical (unpaired) electrons. The summed E-state index contributed by atoms with van der Waals surface area (Å²) in [6.07, 6.45) is 3.86. The van der Waals surface area contributed by atoms with Crippen molar-refractivity contribution in [1.82, 2.24) is 9.47 Å². The van der Waals surface area contributed by atoms with Crippen molar-refractivity contribution in [1.29, 1.82) is 0 Å². The van der Waals surface area contributed by atoms with Gasteiger partial charge in [-0.2, -0.15) is 0 Å². The molecule has 0 spiro atoms. The molecule has 1 amide bonds. The minimum absolute atomic E-state index is 0.0237. The number of hydrogen-bond acceptors (Lipinski definition) is 5. The van der Waals surface area contributed by atoms with Crippen LogP contribution in [0.1, 0.15) is 46.8 Å². The molecule has 2 bridgehead atoms. The Morgan fingerprint density at radius 3 is 2.39 bits per heavy atom. The summed E-state index contributed by atoms with van der Waals surface area (Å²) in [5, 5.41) is 0. The van der Waals surface area contributed by atoms with Crippen LogP contribution in [0.15, 0.2) is 105 Å². The molecule has 1 N–H and O–H groups in total. The van der Waals surface area contributed by atoms with E-state index < -0.39 is 10.0 Å². The van der Waals surface area contributed by atoms with Crippen molar-refractivity contribution < 1.29 is 13.2 Å². The third kappa shape index (κ3) is 6.37.